The Balaban J connectivity index is 2.54. The Morgan fingerprint density at radius 2 is 2.20 bits per heavy atom. The van der Waals surface area contributed by atoms with Crippen molar-refractivity contribution in [1.29, 1.82) is 0 Å². The van der Waals surface area contributed by atoms with Crippen LogP contribution in [0.25, 0.3) is 0 Å². The molecule has 1 rings (SSSR count). The van der Waals surface area contributed by atoms with Gasteiger partial charge in [0.25, 0.3) is 0 Å². The topological polar surface area (TPSA) is 20.2 Å². The lowest BCUT2D eigenvalue weighted by atomic mass is 10.1. The molecule has 0 aromatic heterocycles. The first-order chi connectivity index (χ1) is 4.80. The highest BCUT2D eigenvalue weighted by atomic mass is 32.1. The summed E-state index contributed by atoms with van der Waals surface area (Å²) in [6.07, 6.45) is 7.79. The molecule has 0 spiro atoms. The van der Waals surface area contributed by atoms with Crippen molar-refractivity contribution >= 4 is 17.3 Å². The third kappa shape index (κ3) is 2.10. The van der Waals surface area contributed by atoms with Crippen LogP contribution < -0.4 is 0 Å². The summed E-state index contributed by atoms with van der Waals surface area (Å²) in [4.78, 5) is 0. The van der Waals surface area contributed by atoms with E-state index >= 15 is 0 Å². The lowest BCUT2D eigenvalue weighted by Crippen LogP contribution is -1.95. The molecule has 0 bridgehead atoms. The SMILES string of the molecule is OC(=S)C1=CCCCCC1. The van der Waals surface area contributed by atoms with Crippen molar-refractivity contribution < 1.29 is 5.11 Å². The van der Waals surface area contributed by atoms with Crippen LogP contribution >= 0.6 is 12.2 Å². The molecule has 2 heteroatoms. The lowest BCUT2D eigenvalue weighted by molar-refractivity contribution is 0.564. The number of aliphatic hydroxyl groups excluding tert-OH is 1. The van der Waals surface area contributed by atoms with Crippen LogP contribution in [0.3, 0.4) is 0 Å². The molecule has 0 aliphatic heterocycles. The summed E-state index contributed by atoms with van der Waals surface area (Å²) in [5, 5.41) is 9.06. The van der Waals surface area contributed by atoms with E-state index in [0.717, 1.165) is 18.4 Å². The van der Waals surface area contributed by atoms with Crippen LogP contribution in [-0.2, 0) is 0 Å². The van der Waals surface area contributed by atoms with E-state index in [1.165, 1.54) is 19.3 Å². The van der Waals surface area contributed by atoms with E-state index < -0.39 is 0 Å². The molecule has 10 heavy (non-hydrogen) atoms. The third-order valence-corrected chi connectivity index (χ3v) is 2.08. The summed E-state index contributed by atoms with van der Waals surface area (Å²) in [6, 6.07) is 0. The fourth-order valence-electron chi connectivity index (χ4n) is 1.21. The number of thiocarbonyl (C=S) groups is 1. The van der Waals surface area contributed by atoms with Crippen LogP contribution in [0.15, 0.2) is 11.6 Å². The zero-order valence-corrected chi connectivity index (χ0v) is 6.78. The van der Waals surface area contributed by atoms with Gasteiger partial charge in [-0.1, -0.05) is 12.5 Å². The second-order valence-electron chi connectivity index (χ2n) is 2.63. The van der Waals surface area contributed by atoms with Crippen molar-refractivity contribution in [3.63, 3.8) is 0 Å². The van der Waals surface area contributed by atoms with Crippen molar-refractivity contribution in [2.45, 2.75) is 32.1 Å². The highest BCUT2D eigenvalue weighted by Crippen LogP contribution is 2.17. The van der Waals surface area contributed by atoms with E-state index in [1.54, 1.807) is 0 Å². The quantitative estimate of drug-likeness (QED) is 0.589. The van der Waals surface area contributed by atoms with Gasteiger partial charge in [0.1, 0.15) is 0 Å². The Kier molecular flexibility index (Phi) is 2.87. The minimum Gasteiger partial charge on any atom is -0.499 e. The minimum atomic E-state index is 0.0990. The molecule has 1 aliphatic rings. The molecule has 1 nitrogen and oxygen atoms in total. The molecular formula is C8H12OS. The number of hydrogen-bond donors (Lipinski definition) is 1. The van der Waals surface area contributed by atoms with Crippen LogP contribution in [0.4, 0.5) is 0 Å². The van der Waals surface area contributed by atoms with Crippen molar-refractivity contribution in [3.8, 4) is 0 Å². The van der Waals surface area contributed by atoms with Crippen molar-refractivity contribution in [1.82, 2.24) is 0 Å². The van der Waals surface area contributed by atoms with E-state index in [1.807, 2.05) is 0 Å². The average Bonchev–Trinajstić information content (AvgIpc) is 2.12. The first kappa shape index (κ1) is 7.73. The van der Waals surface area contributed by atoms with Gasteiger partial charge < -0.3 is 5.11 Å². The van der Waals surface area contributed by atoms with E-state index in [2.05, 4.69) is 18.3 Å². The summed E-state index contributed by atoms with van der Waals surface area (Å²) >= 11 is 4.66. The smallest absolute Gasteiger partial charge is 0.184 e. The van der Waals surface area contributed by atoms with Gasteiger partial charge in [0, 0.05) is 5.57 Å². The molecule has 0 atom stereocenters. The van der Waals surface area contributed by atoms with E-state index in [0.29, 0.717) is 0 Å². The molecule has 56 valence electrons. The monoisotopic (exact) mass is 156 g/mol. The molecule has 1 aliphatic carbocycles. The van der Waals surface area contributed by atoms with Gasteiger partial charge >= 0.3 is 0 Å². The van der Waals surface area contributed by atoms with Gasteiger partial charge in [0.15, 0.2) is 5.05 Å². The maximum Gasteiger partial charge on any atom is 0.184 e. The predicted molar refractivity (Wildman–Crippen MR) is 46.4 cm³/mol. The summed E-state index contributed by atoms with van der Waals surface area (Å²) in [7, 11) is 0. The van der Waals surface area contributed by atoms with Crippen LogP contribution in [0.5, 0.6) is 0 Å². The number of allylic oxidation sites excluding steroid dienone is 1. The predicted octanol–water partition coefficient (Wildman–Crippen LogP) is 2.76. The zero-order chi connectivity index (χ0) is 7.40. The molecule has 0 aromatic rings. The number of aliphatic hydroxyl groups is 1. The first-order valence-electron chi connectivity index (χ1n) is 3.73. The molecule has 0 saturated heterocycles. The van der Waals surface area contributed by atoms with Crippen LogP contribution in [0, 0.1) is 0 Å². The van der Waals surface area contributed by atoms with Gasteiger partial charge in [-0.25, -0.2) is 0 Å². The van der Waals surface area contributed by atoms with Gasteiger partial charge in [0.05, 0.1) is 0 Å². The average molecular weight is 156 g/mol. The maximum atomic E-state index is 8.97. The minimum absolute atomic E-state index is 0.0990. The second kappa shape index (κ2) is 3.71. The van der Waals surface area contributed by atoms with Crippen LogP contribution in [-0.4, -0.2) is 10.2 Å². The Hall–Kier alpha value is -0.370. The summed E-state index contributed by atoms with van der Waals surface area (Å²) in [5.41, 5.74) is 0.979. The maximum absolute atomic E-state index is 8.97. The number of rotatable bonds is 1. The van der Waals surface area contributed by atoms with Crippen molar-refractivity contribution in [2.24, 2.45) is 0 Å². The molecule has 0 fully saturated rings. The van der Waals surface area contributed by atoms with E-state index in [9.17, 15) is 0 Å². The Morgan fingerprint density at radius 1 is 1.40 bits per heavy atom. The summed E-state index contributed by atoms with van der Waals surface area (Å²) in [5.74, 6) is 0. The summed E-state index contributed by atoms with van der Waals surface area (Å²) < 4.78 is 0. The fourth-order valence-corrected chi connectivity index (χ4v) is 1.39. The zero-order valence-electron chi connectivity index (χ0n) is 5.97. The van der Waals surface area contributed by atoms with Gasteiger partial charge in [0.2, 0.25) is 0 Å². The molecule has 0 amide bonds. The Bertz CT molecular complexity index is 161. The molecule has 1 N–H and O–H groups in total. The van der Waals surface area contributed by atoms with Crippen molar-refractivity contribution in [3.05, 3.63) is 11.6 Å². The first-order valence-corrected chi connectivity index (χ1v) is 4.14. The fraction of sp³-hybridized carbons (Fsp3) is 0.625. The molecular weight excluding hydrogens is 144 g/mol. The number of hydrogen-bond acceptors (Lipinski definition) is 1. The van der Waals surface area contributed by atoms with E-state index in [-0.39, 0.29) is 5.05 Å². The van der Waals surface area contributed by atoms with Crippen LogP contribution in [0.1, 0.15) is 32.1 Å². The van der Waals surface area contributed by atoms with Gasteiger partial charge in [-0.2, -0.15) is 0 Å². The van der Waals surface area contributed by atoms with E-state index in [4.69, 9.17) is 5.11 Å². The lowest BCUT2D eigenvalue weighted by Gasteiger charge is -1.98. The van der Waals surface area contributed by atoms with Crippen LogP contribution in [0.2, 0.25) is 0 Å². The highest BCUT2D eigenvalue weighted by Gasteiger charge is 2.05. The summed E-state index contributed by atoms with van der Waals surface area (Å²) in [6.45, 7) is 0. The standard InChI is InChI=1S/C8H12OS/c9-8(10)7-5-3-1-2-4-6-7/h5H,1-4,6H2,(H,9,10). The molecule has 0 heterocycles. The molecule has 0 unspecified atom stereocenters. The van der Waals surface area contributed by atoms with Crippen molar-refractivity contribution in [2.75, 3.05) is 0 Å². The molecule has 0 saturated carbocycles. The molecule has 0 aromatic carbocycles. The largest absolute Gasteiger partial charge is 0.499 e. The van der Waals surface area contributed by atoms with Gasteiger partial charge in [-0.15, -0.1) is 0 Å². The Labute approximate surface area is 66.8 Å². The van der Waals surface area contributed by atoms with Gasteiger partial charge in [-0.3, -0.25) is 0 Å². The highest BCUT2D eigenvalue weighted by molar-refractivity contribution is 7.80. The Morgan fingerprint density at radius 3 is 2.90 bits per heavy atom. The third-order valence-electron chi connectivity index (χ3n) is 1.82. The second-order valence-corrected chi connectivity index (χ2v) is 3.02. The normalized spacial score (nSPS) is 19.4. The molecule has 0 radical (unpaired) electrons. The van der Waals surface area contributed by atoms with Gasteiger partial charge in [-0.05, 0) is 37.9 Å².